The van der Waals surface area contributed by atoms with Crippen LogP contribution in [0.1, 0.15) is 11.3 Å². The fraction of sp³-hybridized carbons (Fsp3) is 0.200. The maximum Gasteiger partial charge on any atom is 0.125 e. The summed E-state index contributed by atoms with van der Waals surface area (Å²) >= 11 is 0. The highest BCUT2D eigenvalue weighted by Gasteiger charge is 2.06. The van der Waals surface area contributed by atoms with E-state index in [2.05, 4.69) is 10.3 Å². The Morgan fingerprint density at radius 2 is 2.20 bits per heavy atom. The molecular weight excluding hydrogens is 195 g/mol. The van der Waals surface area contributed by atoms with Gasteiger partial charge >= 0.3 is 0 Å². The Labute approximate surface area is 86.5 Å². The quantitative estimate of drug-likeness (QED) is 0.802. The molecule has 0 fully saturated rings. The van der Waals surface area contributed by atoms with Gasteiger partial charge in [0, 0.05) is 6.54 Å². The molecular formula is C10H11FN4. The van der Waals surface area contributed by atoms with Crippen LogP contribution in [0.4, 0.5) is 4.39 Å². The fourth-order valence-corrected chi connectivity index (χ4v) is 1.45. The van der Waals surface area contributed by atoms with Gasteiger partial charge in [-0.15, -0.1) is 5.10 Å². The maximum absolute atomic E-state index is 13.2. The van der Waals surface area contributed by atoms with E-state index in [4.69, 9.17) is 5.73 Å². The van der Waals surface area contributed by atoms with Gasteiger partial charge in [-0.2, -0.15) is 0 Å². The van der Waals surface area contributed by atoms with E-state index in [-0.39, 0.29) is 5.82 Å². The molecule has 1 aromatic carbocycles. The minimum atomic E-state index is -0.288. The molecule has 0 saturated heterocycles. The second-order valence-corrected chi connectivity index (χ2v) is 3.33. The zero-order valence-corrected chi connectivity index (χ0v) is 8.31. The number of hydrogen-bond donors (Lipinski definition) is 1. The third-order valence-electron chi connectivity index (χ3n) is 2.10. The Hall–Kier alpha value is -1.75. The second-order valence-electron chi connectivity index (χ2n) is 3.33. The molecule has 0 saturated carbocycles. The third kappa shape index (κ3) is 1.87. The number of nitrogens with zero attached hydrogens (tertiary/aromatic N) is 3. The molecule has 0 aliphatic heterocycles. The van der Waals surface area contributed by atoms with E-state index in [9.17, 15) is 4.39 Å². The lowest BCUT2D eigenvalue weighted by atomic mass is 10.2. The van der Waals surface area contributed by atoms with E-state index in [1.54, 1.807) is 6.20 Å². The Morgan fingerprint density at radius 1 is 1.40 bits per heavy atom. The molecule has 0 radical (unpaired) electrons. The lowest BCUT2D eigenvalue weighted by Gasteiger charge is -2.05. The molecule has 0 aliphatic carbocycles. The summed E-state index contributed by atoms with van der Waals surface area (Å²) in [7, 11) is 0. The number of nitrogens with two attached hydrogens (primary N) is 1. The van der Waals surface area contributed by atoms with Crippen molar-refractivity contribution >= 4 is 0 Å². The van der Waals surface area contributed by atoms with Gasteiger partial charge in [-0.3, -0.25) is 0 Å². The Balaban J connectivity index is 2.53. The predicted molar refractivity (Wildman–Crippen MR) is 53.9 cm³/mol. The molecule has 1 heterocycles. The largest absolute Gasteiger partial charge is 0.325 e. The number of aromatic nitrogens is 3. The van der Waals surface area contributed by atoms with Crippen molar-refractivity contribution in [2.75, 3.05) is 0 Å². The molecule has 2 rings (SSSR count). The summed E-state index contributed by atoms with van der Waals surface area (Å²) in [5.41, 5.74) is 7.74. The SMILES string of the molecule is Cc1cc(F)cc(-n2nncc2CN)c1. The van der Waals surface area contributed by atoms with E-state index >= 15 is 0 Å². The topological polar surface area (TPSA) is 56.7 Å². The van der Waals surface area contributed by atoms with Crippen LogP contribution < -0.4 is 5.73 Å². The van der Waals surface area contributed by atoms with Crippen molar-refractivity contribution in [1.29, 1.82) is 0 Å². The van der Waals surface area contributed by atoms with Crippen LogP contribution in [0.15, 0.2) is 24.4 Å². The molecule has 5 heteroatoms. The summed E-state index contributed by atoms with van der Waals surface area (Å²) in [6, 6.07) is 4.69. The molecule has 15 heavy (non-hydrogen) atoms. The second kappa shape index (κ2) is 3.78. The van der Waals surface area contributed by atoms with Gasteiger partial charge < -0.3 is 5.73 Å². The fourth-order valence-electron chi connectivity index (χ4n) is 1.45. The standard InChI is InChI=1S/C10H11FN4/c1-7-2-8(11)4-9(3-7)15-10(5-12)6-13-14-15/h2-4,6H,5,12H2,1H3. The zero-order valence-electron chi connectivity index (χ0n) is 8.31. The van der Waals surface area contributed by atoms with E-state index in [0.717, 1.165) is 11.3 Å². The molecule has 78 valence electrons. The first kappa shape index (κ1) is 9.79. The van der Waals surface area contributed by atoms with Crippen molar-refractivity contribution in [1.82, 2.24) is 15.0 Å². The summed E-state index contributed by atoms with van der Waals surface area (Å²) < 4.78 is 14.7. The van der Waals surface area contributed by atoms with Crippen molar-refractivity contribution < 1.29 is 4.39 Å². The summed E-state index contributed by atoms with van der Waals surface area (Å²) in [6.45, 7) is 2.15. The minimum Gasteiger partial charge on any atom is -0.325 e. The highest BCUT2D eigenvalue weighted by molar-refractivity contribution is 5.36. The minimum absolute atomic E-state index is 0.288. The first-order valence-electron chi connectivity index (χ1n) is 4.58. The van der Waals surface area contributed by atoms with E-state index in [1.807, 2.05) is 13.0 Å². The normalized spacial score (nSPS) is 10.6. The van der Waals surface area contributed by atoms with Gasteiger partial charge in [-0.25, -0.2) is 9.07 Å². The van der Waals surface area contributed by atoms with Gasteiger partial charge in [-0.05, 0) is 30.7 Å². The number of halogens is 1. The third-order valence-corrected chi connectivity index (χ3v) is 2.10. The average Bonchev–Trinajstić information content (AvgIpc) is 2.63. The lowest BCUT2D eigenvalue weighted by molar-refractivity contribution is 0.622. The summed E-state index contributed by atoms with van der Waals surface area (Å²) in [5, 5.41) is 7.60. The van der Waals surface area contributed by atoms with Gasteiger partial charge in [0.1, 0.15) is 5.82 Å². The molecule has 0 spiro atoms. The van der Waals surface area contributed by atoms with Gasteiger partial charge in [0.05, 0.1) is 17.6 Å². The van der Waals surface area contributed by atoms with E-state index in [1.165, 1.54) is 16.8 Å². The smallest absolute Gasteiger partial charge is 0.125 e. The van der Waals surface area contributed by atoms with E-state index in [0.29, 0.717) is 12.2 Å². The molecule has 0 bridgehead atoms. The molecule has 4 nitrogen and oxygen atoms in total. The number of hydrogen-bond acceptors (Lipinski definition) is 3. The maximum atomic E-state index is 13.2. The zero-order chi connectivity index (χ0) is 10.8. The van der Waals surface area contributed by atoms with Gasteiger partial charge in [0.15, 0.2) is 0 Å². The van der Waals surface area contributed by atoms with Crippen molar-refractivity contribution in [3.8, 4) is 5.69 Å². The molecule has 0 aliphatic rings. The summed E-state index contributed by atoms with van der Waals surface area (Å²) in [6.07, 6.45) is 1.57. The molecule has 1 aromatic heterocycles. The average molecular weight is 206 g/mol. The number of aryl methyl sites for hydroxylation is 1. The van der Waals surface area contributed by atoms with Crippen LogP contribution in [-0.4, -0.2) is 15.0 Å². The van der Waals surface area contributed by atoms with Crippen molar-refractivity contribution in [3.05, 3.63) is 41.5 Å². The van der Waals surface area contributed by atoms with E-state index < -0.39 is 0 Å². The molecule has 0 atom stereocenters. The van der Waals surface area contributed by atoms with Gasteiger partial charge in [0.25, 0.3) is 0 Å². The van der Waals surface area contributed by atoms with Crippen LogP contribution in [-0.2, 0) is 6.54 Å². The van der Waals surface area contributed by atoms with Crippen LogP contribution in [0.3, 0.4) is 0 Å². The lowest BCUT2D eigenvalue weighted by Crippen LogP contribution is -2.07. The molecule has 2 N–H and O–H groups in total. The highest BCUT2D eigenvalue weighted by Crippen LogP contribution is 2.13. The molecule has 0 unspecified atom stereocenters. The predicted octanol–water partition coefficient (Wildman–Crippen LogP) is 1.17. The van der Waals surface area contributed by atoms with Crippen molar-refractivity contribution in [2.45, 2.75) is 13.5 Å². The molecule has 2 aromatic rings. The summed E-state index contributed by atoms with van der Waals surface area (Å²) in [5.74, 6) is -0.288. The van der Waals surface area contributed by atoms with Crippen LogP contribution >= 0.6 is 0 Å². The molecule has 0 amide bonds. The van der Waals surface area contributed by atoms with Crippen LogP contribution in [0.25, 0.3) is 5.69 Å². The Morgan fingerprint density at radius 3 is 2.87 bits per heavy atom. The van der Waals surface area contributed by atoms with Crippen LogP contribution in [0.2, 0.25) is 0 Å². The Kier molecular flexibility index (Phi) is 2.47. The monoisotopic (exact) mass is 206 g/mol. The van der Waals surface area contributed by atoms with Gasteiger partial charge in [0.2, 0.25) is 0 Å². The van der Waals surface area contributed by atoms with Crippen molar-refractivity contribution in [3.63, 3.8) is 0 Å². The number of benzene rings is 1. The van der Waals surface area contributed by atoms with Gasteiger partial charge in [-0.1, -0.05) is 5.21 Å². The van der Waals surface area contributed by atoms with Crippen LogP contribution in [0.5, 0.6) is 0 Å². The first-order valence-corrected chi connectivity index (χ1v) is 4.58. The summed E-state index contributed by atoms with van der Waals surface area (Å²) in [4.78, 5) is 0. The number of rotatable bonds is 2. The highest BCUT2D eigenvalue weighted by atomic mass is 19.1. The Bertz CT molecular complexity index is 458. The van der Waals surface area contributed by atoms with Crippen LogP contribution in [0, 0.1) is 12.7 Å². The van der Waals surface area contributed by atoms with Crippen molar-refractivity contribution in [2.24, 2.45) is 5.73 Å². The first-order chi connectivity index (χ1) is 7.20.